The molecule has 0 aromatic carbocycles. The van der Waals surface area contributed by atoms with Crippen molar-refractivity contribution in [2.24, 2.45) is 0 Å². The van der Waals surface area contributed by atoms with Crippen LogP contribution in [0.25, 0.3) is 0 Å². The molecule has 0 saturated heterocycles. The van der Waals surface area contributed by atoms with Gasteiger partial charge in [0.15, 0.2) is 0 Å². The molecule has 0 radical (unpaired) electrons. The average Bonchev–Trinajstić information content (AvgIpc) is 2.04. The lowest BCUT2D eigenvalue weighted by atomic mass is 10.3. The quantitative estimate of drug-likeness (QED) is 0.605. The number of aromatic nitrogens is 2. The SMILES string of the molecule is Cc1nccnc1C(=S)N(C)C. The maximum Gasteiger partial charge on any atom is 0.129 e. The van der Waals surface area contributed by atoms with E-state index in [9.17, 15) is 0 Å². The first-order chi connectivity index (χ1) is 5.63. The van der Waals surface area contributed by atoms with E-state index in [0.29, 0.717) is 0 Å². The minimum Gasteiger partial charge on any atom is -0.367 e. The van der Waals surface area contributed by atoms with Crippen molar-refractivity contribution in [1.82, 2.24) is 14.9 Å². The second kappa shape index (κ2) is 3.58. The van der Waals surface area contributed by atoms with Gasteiger partial charge in [-0.2, -0.15) is 0 Å². The third-order valence-electron chi connectivity index (χ3n) is 1.49. The van der Waals surface area contributed by atoms with Crippen LogP contribution in [0.2, 0.25) is 0 Å². The third kappa shape index (κ3) is 1.76. The Balaban J connectivity index is 3.03. The van der Waals surface area contributed by atoms with Crippen LogP contribution in [-0.2, 0) is 0 Å². The summed E-state index contributed by atoms with van der Waals surface area (Å²) in [6.45, 7) is 1.90. The summed E-state index contributed by atoms with van der Waals surface area (Å²) in [5.41, 5.74) is 1.66. The molecule has 1 rings (SSSR count). The van der Waals surface area contributed by atoms with Crippen LogP contribution in [0, 0.1) is 6.92 Å². The number of hydrogen-bond donors (Lipinski definition) is 0. The zero-order chi connectivity index (χ0) is 9.14. The van der Waals surface area contributed by atoms with Crippen molar-refractivity contribution >= 4 is 17.2 Å². The van der Waals surface area contributed by atoms with Gasteiger partial charge in [-0.05, 0) is 6.92 Å². The molecule has 0 fully saturated rings. The van der Waals surface area contributed by atoms with Gasteiger partial charge >= 0.3 is 0 Å². The van der Waals surface area contributed by atoms with Gasteiger partial charge in [-0.15, -0.1) is 0 Å². The fourth-order valence-corrected chi connectivity index (χ4v) is 1.03. The van der Waals surface area contributed by atoms with Crippen LogP contribution in [-0.4, -0.2) is 34.0 Å². The molecule has 0 aliphatic rings. The van der Waals surface area contributed by atoms with E-state index < -0.39 is 0 Å². The van der Waals surface area contributed by atoms with Crippen LogP contribution in [0.15, 0.2) is 12.4 Å². The molecule has 64 valence electrons. The molecular weight excluding hydrogens is 170 g/mol. The van der Waals surface area contributed by atoms with Gasteiger partial charge in [0.05, 0.1) is 5.69 Å². The van der Waals surface area contributed by atoms with Crippen molar-refractivity contribution < 1.29 is 0 Å². The van der Waals surface area contributed by atoms with E-state index in [0.717, 1.165) is 16.4 Å². The van der Waals surface area contributed by atoms with E-state index in [1.54, 1.807) is 12.4 Å². The zero-order valence-corrected chi connectivity index (χ0v) is 8.22. The molecule has 1 heterocycles. The molecule has 0 bridgehead atoms. The molecule has 1 aromatic heterocycles. The lowest BCUT2D eigenvalue weighted by Crippen LogP contribution is -2.22. The summed E-state index contributed by atoms with van der Waals surface area (Å²) in [6.07, 6.45) is 3.31. The number of rotatable bonds is 1. The normalized spacial score (nSPS) is 9.58. The summed E-state index contributed by atoms with van der Waals surface area (Å²) in [7, 11) is 3.80. The fraction of sp³-hybridized carbons (Fsp3) is 0.375. The Bertz CT molecular complexity index is 296. The van der Waals surface area contributed by atoms with Crippen molar-refractivity contribution in [3.63, 3.8) is 0 Å². The first kappa shape index (κ1) is 9.06. The number of thiocarbonyl (C=S) groups is 1. The largest absolute Gasteiger partial charge is 0.367 e. The van der Waals surface area contributed by atoms with Crippen molar-refractivity contribution in [1.29, 1.82) is 0 Å². The molecule has 3 nitrogen and oxygen atoms in total. The highest BCUT2D eigenvalue weighted by molar-refractivity contribution is 7.80. The maximum absolute atomic E-state index is 5.16. The zero-order valence-electron chi connectivity index (χ0n) is 7.40. The highest BCUT2D eigenvalue weighted by Crippen LogP contribution is 2.03. The fourth-order valence-electron chi connectivity index (χ4n) is 0.829. The van der Waals surface area contributed by atoms with Crippen molar-refractivity contribution in [2.45, 2.75) is 6.92 Å². The van der Waals surface area contributed by atoms with Crippen molar-refractivity contribution in [2.75, 3.05) is 14.1 Å². The smallest absolute Gasteiger partial charge is 0.129 e. The Hall–Kier alpha value is -1.03. The van der Waals surface area contributed by atoms with E-state index in [4.69, 9.17) is 12.2 Å². The van der Waals surface area contributed by atoms with Gasteiger partial charge in [-0.1, -0.05) is 12.2 Å². The highest BCUT2D eigenvalue weighted by Gasteiger charge is 2.07. The van der Waals surface area contributed by atoms with Gasteiger partial charge in [-0.25, -0.2) is 0 Å². The van der Waals surface area contributed by atoms with E-state index in [1.807, 2.05) is 25.9 Å². The Morgan fingerprint density at radius 3 is 2.42 bits per heavy atom. The number of nitrogens with zero attached hydrogens (tertiary/aromatic N) is 3. The first-order valence-corrected chi connectivity index (χ1v) is 4.03. The summed E-state index contributed by atoms with van der Waals surface area (Å²) >= 11 is 5.16. The van der Waals surface area contributed by atoms with Crippen molar-refractivity contribution in [3.05, 3.63) is 23.8 Å². The number of aryl methyl sites for hydroxylation is 1. The van der Waals surface area contributed by atoms with Crippen LogP contribution >= 0.6 is 12.2 Å². The maximum atomic E-state index is 5.16. The second-order valence-corrected chi connectivity index (χ2v) is 3.08. The number of hydrogen-bond acceptors (Lipinski definition) is 3. The minimum atomic E-state index is 0.723. The summed E-state index contributed by atoms with van der Waals surface area (Å²) in [5.74, 6) is 0. The molecule has 0 aliphatic carbocycles. The monoisotopic (exact) mass is 181 g/mol. The summed E-state index contributed by atoms with van der Waals surface area (Å²) in [4.78, 5) is 10.8. The van der Waals surface area contributed by atoms with Gasteiger partial charge in [0.25, 0.3) is 0 Å². The average molecular weight is 181 g/mol. The highest BCUT2D eigenvalue weighted by atomic mass is 32.1. The topological polar surface area (TPSA) is 29.0 Å². The standard InChI is InChI=1S/C8H11N3S/c1-6-7(8(12)11(2)3)10-5-4-9-6/h4-5H,1-3H3. The molecule has 4 heteroatoms. The predicted octanol–water partition coefficient (Wildman–Crippen LogP) is 1.02. The van der Waals surface area contributed by atoms with Crippen LogP contribution in [0.3, 0.4) is 0 Å². The van der Waals surface area contributed by atoms with E-state index >= 15 is 0 Å². The Morgan fingerprint density at radius 1 is 1.33 bits per heavy atom. The second-order valence-electron chi connectivity index (χ2n) is 2.69. The lowest BCUT2D eigenvalue weighted by Gasteiger charge is -2.13. The summed E-state index contributed by atoms with van der Waals surface area (Å²) in [5, 5.41) is 0. The van der Waals surface area contributed by atoms with E-state index in [-0.39, 0.29) is 0 Å². The van der Waals surface area contributed by atoms with Crippen LogP contribution in [0.1, 0.15) is 11.4 Å². The molecule has 0 atom stereocenters. The molecule has 0 unspecified atom stereocenters. The molecule has 0 saturated carbocycles. The van der Waals surface area contributed by atoms with E-state index in [1.165, 1.54) is 0 Å². The minimum absolute atomic E-state index is 0.723. The van der Waals surface area contributed by atoms with Gasteiger partial charge in [-0.3, -0.25) is 9.97 Å². The van der Waals surface area contributed by atoms with Gasteiger partial charge in [0, 0.05) is 26.5 Å². The predicted molar refractivity (Wildman–Crippen MR) is 52.2 cm³/mol. The Kier molecular flexibility index (Phi) is 2.70. The Labute approximate surface area is 77.4 Å². The van der Waals surface area contributed by atoms with Crippen LogP contribution in [0.4, 0.5) is 0 Å². The third-order valence-corrected chi connectivity index (χ3v) is 2.05. The lowest BCUT2D eigenvalue weighted by molar-refractivity contribution is 0.633. The molecule has 1 aromatic rings. The van der Waals surface area contributed by atoms with Crippen LogP contribution < -0.4 is 0 Å². The van der Waals surface area contributed by atoms with Crippen molar-refractivity contribution in [3.8, 4) is 0 Å². The Morgan fingerprint density at radius 2 is 1.92 bits per heavy atom. The summed E-state index contributed by atoms with van der Waals surface area (Å²) in [6, 6.07) is 0. The molecule has 12 heavy (non-hydrogen) atoms. The van der Waals surface area contributed by atoms with Gasteiger partial charge in [0.1, 0.15) is 10.7 Å². The van der Waals surface area contributed by atoms with Gasteiger partial charge in [0.2, 0.25) is 0 Å². The molecular formula is C8H11N3S. The molecule has 0 amide bonds. The first-order valence-electron chi connectivity index (χ1n) is 3.62. The van der Waals surface area contributed by atoms with E-state index in [2.05, 4.69) is 9.97 Å². The van der Waals surface area contributed by atoms with Crippen LogP contribution in [0.5, 0.6) is 0 Å². The molecule has 0 spiro atoms. The summed E-state index contributed by atoms with van der Waals surface area (Å²) < 4.78 is 0. The van der Waals surface area contributed by atoms with Gasteiger partial charge < -0.3 is 4.90 Å². The molecule has 0 aliphatic heterocycles. The molecule has 0 N–H and O–H groups in total.